The maximum atomic E-state index is 2.81. The molecule has 0 spiro atoms. The number of nitrogens with zero attached hydrogens (tertiary/aromatic N) is 3. The van der Waals surface area contributed by atoms with Crippen molar-refractivity contribution in [2.45, 2.75) is 135 Å². The molecule has 6 aromatic carbocycles. The van der Waals surface area contributed by atoms with Crippen LogP contribution in [0, 0.1) is 0 Å². The molecule has 0 saturated heterocycles. The lowest BCUT2D eigenvalue weighted by molar-refractivity contribution is 0.261. The third kappa shape index (κ3) is 6.05. The summed E-state index contributed by atoms with van der Waals surface area (Å²) < 4.78 is 0. The molecule has 3 heterocycles. The van der Waals surface area contributed by atoms with Gasteiger partial charge in [-0.05, 0) is 129 Å². The van der Waals surface area contributed by atoms with Crippen LogP contribution < -0.4 is 31.1 Å². The summed E-state index contributed by atoms with van der Waals surface area (Å²) in [7, 11) is 0. The van der Waals surface area contributed by atoms with E-state index >= 15 is 0 Å². The zero-order valence-electron chi connectivity index (χ0n) is 38.6. The molecule has 2 unspecified atom stereocenters. The van der Waals surface area contributed by atoms with E-state index in [1.807, 2.05) is 0 Å². The summed E-state index contributed by atoms with van der Waals surface area (Å²) in [6, 6.07) is 49.8. The largest absolute Gasteiger partial charge is 0.334 e. The molecular weight excluding hydrogens is 737 g/mol. The van der Waals surface area contributed by atoms with Crippen molar-refractivity contribution in [1.29, 1.82) is 0 Å². The Morgan fingerprint density at radius 2 is 0.967 bits per heavy atom. The number of fused-ring (bicyclic) bond motifs is 7. The molecule has 61 heavy (non-hydrogen) atoms. The van der Waals surface area contributed by atoms with Gasteiger partial charge in [0.1, 0.15) is 0 Å². The molecule has 1 fully saturated rings. The lowest BCUT2D eigenvalue weighted by atomic mass is 9.33. The smallest absolute Gasteiger partial charge is 0.252 e. The van der Waals surface area contributed by atoms with E-state index in [1.54, 1.807) is 0 Å². The molecule has 0 aromatic heterocycles. The normalized spacial score (nSPS) is 20.7. The Hall–Kier alpha value is -5.22. The van der Waals surface area contributed by atoms with E-state index < -0.39 is 0 Å². The maximum absolute atomic E-state index is 2.81. The average Bonchev–Trinajstić information content (AvgIpc) is 3.28. The van der Waals surface area contributed by atoms with Crippen LogP contribution in [0.1, 0.15) is 131 Å². The van der Waals surface area contributed by atoms with Crippen LogP contribution in [0.3, 0.4) is 0 Å². The Morgan fingerprint density at radius 1 is 0.443 bits per heavy atom. The highest BCUT2D eigenvalue weighted by atomic mass is 15.3. The van der Waals surface area contributed by atoms with Crippen molar-refractivity contribution in [3.63, 3.8) is 0 Å². The summed E-state index contributed by atoms with van der Waals surface area (Å²) >= 11 is 0. The number of hydrogen-bond acceptors (Lipinski definition) is 3. The van der Waals surface area contributed by atoms with Crippen molar-refractivity contribution >= 4 is 68.6 Å². The monoisotopic (exact) mass is 802 g/mol. The van der Waals surface area contributed by atoms with Crippen molar-refractivity contribution in [2.24, 2.45) is 0 Å². The van der Waals surface area contributed by atoms with Crippen LogP contribution in [0.15, 0.2) is 127 Å². The highest BCUT2D eigenvalue weighted by Gasteiger charge is 2.57. The number of hydrogen-bond donors (Lipinski definition) is 0. The van der Waals surface area contributed by atoms with E-state index in [4.69, 9.17) is 0 Å². The Kier molecular flexibility index (Phi) is 8.92. The van der Waals surface area contributed by atoms with Crippen molar-refractivity contribution in [3.8, 4) is 0 Å². The molecule has 10 rings (SSSR count). The first-order valence-corrected chi connectivity index (χ1v) is 23.0. The topological polar surface area (TPSA) is 9.72 Å². The van der Waals surface area contributed by atoms with Crippen molar-refractivity contribution in [1.82, 2.24) is 0 Å². The molecule has 3 nitrogen and oxygen atoms in total. The second kappa shape index (κ2) is 13.6. The van der Waals surface area contributed by atoms with Crippen LogP contribution in [-0.4, -0.2) is 12.3 Å². The summed E-state index contributed by atoms with van der Waals surface area (Å²) in [5.74, 6) is 0. The predicted molar refractivity (Wildman–Crippen MR) is 264 cm³/mol. The molecule has 1 saturated carbocycles. The first-order chi connectivity index (χ1) is 28.9. The minimum absolute atomic E-state index is 0.0000890. The predicted octanol–water partition coefficient (Wildman–Crippen LogP) is 13.8. The van der Waals surface area contributed by atoms with Gasteiger partial charge < -0.3 is 14.7 Å². The van der Waals surface area contributed by atoms with Gasteiger partial charge in [0, 0.05) is 50.9 Å². The Morgan fingerprint density at radius 3 is 1.61 bits per heavy atom. The van der Waals surface area contributed by atoms with Gasteiger partial charge >= 0.3 is 0 Å². The third-order valence-corrected chi connectivity index (χ3v) is 15.3. The number of anilines is 8. The number of benzene rings is 6. The molecule has 6 aromatic rings. The highest BCUT2D eigenvalue weighted by molar-refractivity contribution is 7.00. The van der Waals surface area contributed by atoms with Crippen molar-refractivity contribution in [3.05, 3.63) is 150 Å². The summed E-state index contributed by atoms with van der Waals surface area (Å²) in [4.78, 5) is 8.00. The van der Waals surface area contributed by atoms with Crippen molar-refractivity contribution in [2.75, 3.05) is 14.7 Å². The van der Waals surface area contributed by atoms with Crippen LogP contribution in [0.4, 0.5) is 45.5 Å². The fraction of sp³-hybridized carbons (Fsp3) is 0.368. The van der Waals surface area contributed by atoms with E-state index in [0.29, 0.717) is 0 Å². The van der Waals surface area contributed by atoms with Gasteiger partial charge in [-0.25, -0.2) is 0 Å². The molecule has 310 valence electrons. The lowest BCUT2D eigenvalue weighted by Gasteiger charge is -2.48. The van der Waals surface area contributed by atoms with Gasteiger partial charge in [-0.15, -0.1) is 0 Å². The fourth-order valence-electron chi connectivity index (χ4n) is 11.6. The van der Waals surface area contributed by atoms with Gasteiger partial charge in [-0.1, -0.05) is 161 Å². The average molecular weight is 802 g/mol. The van der Waals surface area contributed by atoms with Gasteiger partial charge in [-0.3, -0.25) is 0 Å². The molecule has 0 amide bonds. The van der Waals surface area contributed by atoms with Gasteiger partial charge in [-0.2, -0.15) is 0 Å². The third-order valence-electron chi connectivity index (χ3n) is 15.3. The molecule has 0 radical (unpaired) electrons. The Bertz CT molecular complexity index is 2680. The Labute approximate surface area is 366 Å². The molecule has 4 aliphatic rings. The maximum Gasteiger partial charge on any atom is 0.252 e. The quantitative estimate of drug-likeness (QED) is 0.165. The zero-order chi connectivity index (χ0) is 42.9. The molecule has 3 aliphatic heterocycles. The first kappa shape index (κ1) is 39.9. The lowest BCUT2D eigenvalue weighted by Crippen LogP contribution is -2.61. The molecular formula is C57H64BN3. The van der Waals surface area contributed by atoms with Gasteiger partial charge in [0.2, 0.25) is 0 Å². The molecule has 0 bridgehead atoms. The van der Waals surface area contributed by atoms with Gasteiger partial charge in [0.25, 0.3) is 6.71 Å². The molecule has 4 heteroatoms. The second-order valence-corrected chi connectivity index (χ2v) is 22.2. The minimum Gasteiger partial charge on any atom is -0.334 e. The first-order valence-electron chi connectivity index (χ1n) is 23.0. The van der Waals surface area contributed by atoms with Crippen molar-refractivity contribution < 1.29 is 0 Å². The van der Waals surface area contributed by atoms with Gasteiger partial charge in [0.15, 0.2) is 0 Å². The number of rotatable bonds is 3. The molecule has 0 N–H and O–H groups in total. The molecule has 1 aliphatic carbocycles. The summed E-state index contributed by atoms with van der Waals surface area (Å²) in [5, 5.41) is 0. The summed E-state index contributed by atoms with van der Waals surface area (Å²) in [5.41, 5.74) is 19.9. The van der Waals surface area contributed by atoms with E-state index in [1.165, 1.54) is 110 Å². The highest BCUT2D eigenvalue weighted by Crippen LogP contribution is 2.61. The van der Waals surface area contributed by atoms with Crippen LogP contribution in [0.2, 0.25) is 0 Å². The zero-order valence-corrected chi connectivity index (χ0v) is 38.6. The standard InChI is InChI=1S/C57H64BN3/c1-53(2,3)38-24-28-42(29-25-38)60-49-31-27-40(55(7,8)9)35-46(49)58-45-22-16-17-23-48(45)59(41-20-14-12-15-21-41)50-36-43(37-51(60)52(50)58)61-47-30-26-39(54(4,5)6)34-44(47)56(10)32-18-13-19-33-57(56,61)11/h12,14-17,20-31,34-37H,13,18-19,32-33H2,1-11H3. The van der Waals surface area contributed by atoms with Crippen LogP contribution in [0.5, 0.6) is 0 Å². The Balaban J connectivity index is 1.32. The summed E-state index contributed by atoms with van der Waals surface area (Å²) in [6.07, 6.45) is 6.14. The fourth-order valence-corrected chi connectivity index (χ4v) is 11.6. The van der Waals surface area contributed by atoms with Gasteiger partial charge in [0.05, 0.1) is 5.54 Å². The van der Waals surface area contributed by atoms with Crippen LogP contribution in [-0.2, 0) is 21.7 Å². The second-order valence-electron chi connectivity index (χ2n) is 22.2. The molecule has 2 atom stereocenters. The number of para-hydroxylation sites is 2. The van der Waals surface area contributed by atoms with E-state index in [-0.39, 0.29) is 33.9 Å². The van der Waals surface area contributed by atoms with E-state index in [2.05, 4.69) is 218 Å². The van der Waals surface area contributed by atoms with E-state index in [0.717, 1.165) is 6.42 Å². The van der Waals surface area contributed by atoms with E-state index in [9.17, 15) is 0 Å². The minimum atomic E-state index is -0.111. The summed E-state index contributed by atoms with van der Waals surface area (Å²) in [6.45, 7) is 26.3. The van der Waals surface area contributed by atoms with Crippen LogP contribution >= 0.6 is 0 Å². The SMILES string of the molecule is CC(C)(C)c1ccc(N2c3ccc(C(C)(C)C)cc3B3c4ccccc4N(c4ccccc4)c4cc(N5c6ccc(C(C)(C)C)cc6C6(C)CCCCCC56C)cc2c43)cc1. The van der Waals surface area contributed by atoms with Crippen LogP contribution in [0.25, 0.3) is 0 Å².